The van der Waals surface area contributed by atoms with Crippen LogP contribution in [0.1, 0.15) is 38.5 Å². The van der Waals surface area contributed by atoms with Gasteiger partial charge in [-0.15, -0.1) is 0 Å². The predicted octanol–water partition coefficient (Wildman–Crippen LogP) is 1.27. The molecule has 0 spiro atoms. The fourth-order valence-corrected chi connectivity index (χ4v) is 2.82. The van der Waals surface area contributed by atoms with Crippen LogP contribution >= 0.6 is 0 Å². The molecule has 0 radical (unpaired) electrons. The lowest BCUT2D eigenvalue weighted by Crippen LogP contribution is -2.51. The molecule has 102 valence electrons. The molecule has 1 atom stereocenters. The van der Waals surface area contributed by atoms with Gasteiger partial charge in [-0.3, -0.25) is 14.5 Å². The lowest BCUT2D eigenvalue weighted by atomic mass is 9.86. The van der Waals surface area contributed by atoms with Crippen LogP contribution in [-0.4, -0.2) is 47.7 Å². The van der Waals surface area contributed by atoms with Crippen LogP contribution in [0.25, 0.3) is 0 Å². The summed E-state index contributed by atoms with van der Waals surface area (Å²) in [5, 5.41) is 8.49. The molecular formula is C13H21NO4. The molecule has 3 saturated heterocycles. The maximum atomic E-state index is 11.6. The van der Waals surface area contributed by atoms with Gasteiger partial charge in [-0.2, -0.15) is 0 Å². The average Bonchev–Trinajstić information content (AvgIpc) is 2.36. The molecule has 0 saturated carbocycles. The Balaban J connectivity index is 1.63. The minimum absolute atomic E-state index is 0.0690. The number of unbranched alkanes of at least 4 members (excludes halogenated alkanes) is 1. The Labute approximate surface area is 107 Å². The van der Waals surface area contributed by atoms with Gasteiger partial charge in [0, 0.05) is 19.4 Å². The fourth-order valence-electron chi connectivity index (χ4n) is 2.82. The second kappa shape index (κ2) is 6.18. The van der Waals surface area contributed by atoms with Gasteiger partial charge < -0.3 is 9.84 Å². The smallest absolute Gasteiger partial charge is 0.306 e. The van der Waals surface area contributed by atoms with Gasteiger partial charge in [0.1, 0.15) is 6.10 Å². The van der Waals surface area contributed by atoms with Crippen molar-refractivity contribution in [3.8, 4) is 0 Å². The Morgan fingerprint density at radius 1 is 1.17 bits per heavy atom. The zero-order valence-electron chi connectivity index (χ0n) is 10.6. The zero-order valence-corrected chi connectivity index (χ0v) is 10.6. The first-order valence-corrected chi connectivity index (χ1v) is 6.79. The van der Waals surface area contributed by atoms with E-state index in [4.69, 9.17) is 9.84 Å². The summed E-state index contributed by atoms with van der Waals surface area (Å²) >= 11 is 0. The van der Waals surface area contributed by atoms with Crippen LogP contribution in [0.3, 0.4) is 0 Å². The molecule has 0 aromatic heterocycles. The summed E-state index contributed by atoms with van der Waals surface area (Å²) in [6.07, 6.45) is 3.97. The minimum Gasteiger partial charge on any atom is -0.481 e. The van der Waals surface area contributed by atoms with Gasteiger partial charge in [0.25, 0.3) is 0 Å². The third-order valence-corrected chi connectivity index (χ3v) is 3.90. The third kappa shape index (κ3) is 3.70. The first-order valence-electron chi connectivity index (χ1n) is 6.79. The summed E-state index contributed by atoms with van der Waals surface area (Å²) in [5.74, 6) is -0.433. The quantitative estimate of drug-likeness (QED) is 0.572. The van der Waals surface area contributed by atoms with Crippen molar-refractivity contribution in [1.29, 1.82) is 0 Å². The van der Waals surface area contributed by atoms with E-state index in [0.717, 1.165) is 32.5 Å². The van der Waals surface area contributed by atoms with Crippen LogP contribution in [0.4, 0.5) is 0 Å². The highest BCUT2D eigenvalue weighted by Crippen LogP contribution is 2.29. The van der Waals surface area contributed by atoms with E-state index < -0.39 is 5.97 Å². The number of carboxylic acid groups (broad SMARTS) is 1. The van der Waals surface area contributed by atoms with Gasteiger partial charge in [-0.05, 0) is 44.7 Å². The van der Waals surface area contributed by atoms with Crippen molar-refractivity contribution in [3.63, 3.8) is 0 Å². The van der Waals surface area contributed by atoms with Crippen molar-refractivity contribution in [1.82, 2.24) is 4.90 Å². The Morgan fingerprint density at radius 2 is 1.83 bits per heavy atom. The second-order valence-electron chi connectivity index (χ2n) is 5.27. The van der Waals surface area contributed by atoms with E-state index in [1.165, 1.54) is 0 Å². The molecule has 0 aromatic carbocycles. The first-order chi connectivity index (χ1) is 8.65. The molecule has 3 aliphatic rings. The van der Waals surface area contributed by atoms with Crippen LogP contribution in [-0.2, 0) is 14.3 Å². The normalized spacial score (nSPS) is 30.1. The molecule has 1 N–H and O–H groups in total. The third-order valence-electron chi connectivity index (χ3n) is 3.90. The molecule has 5 nitrogen and oxygen atoms in total. The number of hydrogen-bond donors (Lipinski definition) is 1. The highest BCUT2D eigenvalue weighted by Gasteiger charge is 2.36. The van der Waals surface area contributed by atoms with E-state index in [-0.39, 0.29) is 18.5 Å². The van der Waals surface area contributed by atoms with Gasteiger partial charge in [-0.25, -0.2) is 0 Å². The van der Waals surface area contributed by atoms with E-state index in [2.05, 4.69) is 4.90 Å². The zero-order chi connectivity index (χ0) is 13.0. The minimum atomic E-state index is -0.805. The Bertz CT molecular complexity index is 310. The molecule has 2 bridgehead atoms. The number of aliphatic carboxylic acids is 1. The molecule has 18 heavy (non-hydrogen) atoms. The Hall–Kier alpha value is -1.10. The largest absolute Gasteiger partial charge is 0.481 e. The summed E-state index contributed by atoms with van der Waals surface area (Å²) in [6.45, 7) is 3.15. The van der Waals surface area contributed by atoms with Gasteiger partial charge in [0.2, 0.25) is 0 Å². The number of carbonyl (C=O) groups excluding carboxylic acids is 1. The lowest BCUT2D eigenvalue weighted by molar-refractivity contribution is -0.159. The van der Waals surface area contributed by atoms with Crippen molar-refractivity contribution in [2.45, 2.75) is 44.6 Å². The average molecular weight is 255 g/mol. The molecule has 0 unspecified atom stereocenters. The molecule has 3 heterocycles. The molecule has 0 aromatic rings. The van der Waals surface area contributed by atoms with Gasteiger partial charge >= 0.3 is 11.9 Å². The molecule has 3 rings (SSSR count). The maximum Gasteiger partial charge on any atom is 0.306 e. The fraction of sp³-hybridized carbons (Fsp3) is 0.846. The van der Waals surface area contributed by atoms with E-state index in [9.17, 15) is 9.59 Å². The van der Waals surface area contributed by atoms with Gasteiger partial charge in [0.15, 0.2) is 0 Å². The van der Waals surface area contributed by atoms with E-state index in [0.29, 0.717) is 25.2 Å². The number of piperidine rings is 3. The Kier molecular flexibility index (Phi) is 4.58. The number of nitrogens with zero attached hydrogens (tertiary/aromatic N) is 1. The molecular weight excluding hydrogens is 234 g/mol. The molecule has 5 heteroatoms. The van der Waals surface area contributed by atoms with Gasteiger partial charge in [0.05, 0.1) is 0 Å². The van der Waals surface area contributed by atoms with Gasteiger partial charge in [-0.1, -0.05) is 0 Å². The number of ether oxygens (including phenoxy) is 1. The van der Waals surface area contributed by atoms with Crippen LogP contribution in [0.15, 0.2) is 0 Å². The number of esters is 1. The number of rotatable bonds is 6. The number of hydrogen-bond acceptors (Lipinski definition) is 4. The van der Waals surface area contributed by atoms with Crippen LogP contribution in [0, 0.1) is 5.92 Å². The second-order valence-corrected chi connectivity index (χ2v) is 5.27. The van der Waals surface area contributed by atoms with Crippen molar-refractivity contribution in [2.24, 2.45) is 5.92 Å². The van der Waals surface area contributed by atoms with Crippen molar-refractivity contribution < 1.29 is 19.4 Å². The van der Waals surface area contributed by atoms with E-state index in [1.807, 2.05) is 0 Å². The summed E-state index contributed by atoms with van der Waals surface area (Å²) in [6, 6.07) is 0. The van der Waals surface area contributed by atoms with Crippen molar-refractivity contribution >= 4 is 11.9 Å². The molecule has 3 fully saturated rings. The summed E-state index contributed by atoms with van der Waals surface area (Å²) in [4.78, 5) is 24.3. The number of fused-ring (bicyclic) bond motifs is 3. The SMILES string of the molecule is O=C(O)CCCCC(=O)O[C@H]1CN2CCC1CC2. The summed E-state index contributed by atoms with van der Waals surface area (Å²) in [5.41, 5.74) is 0. The first kappa shape index (κ1) is 13.3. The van der Waals surface area contributed by atoms with E-state index >= 15 is 0 Å². The van der Waals surface area contributed by atoms with Crippen molar-refractivity contribution in [3.05, 3.63) is 0 Å². The summed E-state index contributed by atoms with van der Waals surface area (Å²) in [7, 11) is 0. The Morgan fingerprint density at radius 3 is 2.39 bits per heavy atom. The molecule has 0 amide bonds. The van der Waals surface area contributed by atoms with Crippen LogP contribution in [0.5, 0.6) is 0 Å². The number of carboxylic acids is 1. The van der Waals surface area contributed by atoms with Crippen molar-refractivity contribution in [2.75, 3.05) is 19.6 Å². The number of carbonyl (C=O) groups is 2. The lowest BCUT2D eigenvalue weighted by Gasteiger charge is -2.43. The van der Waals surface area contributed by atoms with E-state index in [1.54, 1.807) is 0 Å². The topological polar surface area (TPSA) is 66.8 Å². The monoisotopic (exact) mass is 255 g/mol. The molecule has 3 aliphatic heterocycles. The highest BCUT2D eigenvalue weighted by atomic mass is 16.5. The maximum absolute atomic E-state index is 11.6. The standard InChI is InChI=1S/C13H21NO4/c15-12(16)3-1-2-4-13(17)18-11-9-14-7-5-10(11)6-8-14/h10-11H,1-9H2,(H,15,16)/t11-/m0/s1. The highest BCUT2D eigenvalue weighted by molar-refractivity contribution is 5.70. The molecule has 0 aliphatic carbocycles. The predicted molar refractivity (Wildman–Crippen MR) is 65.1 cm³/mol. The van der Waals surface area contributed by atoms with Crippen LogP contribution in [0.2, 0.25) is 0 Å². The summed E-state index contributed by atoms with van der Waals surface area (Å²) < 4.78 is 5.50. The van der Waals surface area contributed by atoms with Crippen LogP contribution < -0.4 is 0 Å².